The molecule has 2 unspecified atom stereocenters. The van der Waals surface area contributed by atoms with E-state index in [0.717, 1.165) is 12.3 Å². The Labute approximate surface area is 101 Å². The molecule has 3 nitrogen and oxygen atoms in total. The lowest BCUT2D eigenvalue weighted by atomic mass is 10.0. The number of nitrogens with one attached hydrogen (secondary N) is 1. The first kappa shape index (κ1) is 14.9. The molecule has 0 fully saturated rings. The summed E-state index contributed by atoms with van der Waals surface area (Å²) in [6, 6.07) is 0.442. The topological polar surface area (TPSA) is 38.3 Å². The van der Waals surface area contributed by atoms with Gasteiger partial charge in [-0.15, -0.1) is 0 Å². The Morgan fingerprint density at radius 1 is 1.33 bits per heavy atom. The fraction of sp³-hybridized carbons (Fsp3) is 0.909. The van der Waals surface area contributed by atoms with Crippen LogP contribution in [0.2, 0.25) is 0 Å². The monoisotopic (exact) mass is 279 g/mol. The Kier molecular flexibility index (Phi) is 8.06. The van der Waals surface area contributed by atoms with Crippen molar-refractivity contribution in [3.63, 3.8) is 0 Å². The zero-order chi connectivity index (χ0) is 11.8. The average Bonchev–Trinajstić information content (AvgIpc) is 2.21. The largest absolute Gasteiger partial charge is 0.468 e. The van der Waals surface area contributed by atoms with Crippen LogP contribution in [0.1, 0.15) is 33.6 Å². The van der Waals surface area contributed by atoms with E-state index in [-0.39, 0.29) is 10.8 Å². The molecule has 0 spiro atoms. The second kappa shape index (κ2) is 8.11. The molecule has 4 heteroatoms. The van der Waals surface area contributed by atoms with E-state index in [1.165, 1.54) is 13.5 Å². The Morgan fingerprint density at radius 2 is 1.93 bits per heavy atom. The summed E-state index contributed by atoms with van der Waals surface area (Å²) in [5.41, 5.74) is 0. The number of alkyl halides is 1. The van der Waals surface area contributed by atoms with Gasteiger partial charge in [0.15, 0.2) is 0 Å². The quantitative estimate of drug-likeness (QED) is 0.574. The molecule has 0 aromatic carbocycles. The minimum atomic E-state index is -0.246. The van der Waals surface area contributed by atoms with Gasteiger partial charge in [-0.2, -0.15) is 0 Å². The molecule has 0 aromatic heterocycles. The number of rotatable bonds is 7. The van der Waals surface area contributed by atoms with Crippen molar-refractivity contribution in [2.45, 2.75) is 44.5 Å². The molecule has 0 aliphatic rings. The van der Waals surface area contributed by atoms with Crippen LogP contribution in [0.3, 0.4) is 0 Å². The number of carbonyl (C=O) groups excluding carboxylic acids is 1. The van der Waals surface area contributed by atoms with Crippen LogP contribution in [0, 0.1) is 5.92 Å². The van der Waals surface area contributed by atoms with Gasteiger partial charge in [-0.1, -0.05) is 29.8 Å². The standard InChI is InChI=1S/C11H22BrNO2/c1-8(2)5-6-9(3)13-7-10(12)11(14)15-4/h8-10,13H,5-7H2,1-4H3. The van der Waals surface area contributed by atoms with Crippen LogP contribution in [0.4, 0.5) is 0 Å². The molecule has 0 aliphatic heterocycles. The second-order valence-electron chi connectivity index (χ2n) is 4.27. The number of halogens is 1. The van der Waals surface area contributed by atoms with Crippen LogP contribution in [-0.2, 0) is 9.53 Å². The van der Waals surface area contributed by atoms with E-state index in [0.29, 0.717) is 12.6 Å². The molecule has 0 aliphatic carbocycles. The van der Waals surface area contributed by atoms with Crippen molar-refractivity contribution in [2.75, 3.05) is 13.7 Å². The van der Waals surface area contributed by atoms with Crippen LogP contribution in [-0.4, -0.2) is 30.5 Å². The molecular weight excluding hydrogens is 258 g/mol. The van der Waals surface area contributed by atoms with Gasteiger partial charge in [0.05, 0.1) is 7.11 Å². The number of hydrogen-bond donors (Lipinski definition) is 1. The Bertz CT molecular complexity index is 185. The summed E-state index contributed by atoms with van der Waals surface area (Å²) in [5, 5.41) is 3.31. The van der Waals surface area contributed by atoms with Crippen LogP contribution >= 0.6 is 15.9 Å². The number of ether oxygens (including phenoxy) is 1. The predicted octanol–water partition coefficient (Wildman–Crippen LogP) is 2.34. The van der Waals surface area contributed by atoms with Crippen molar-refractivity contribution in [3.8, 4) is 0 Å². The third-order valence-electron chi connectivity index (χ3n) is 2.28. The fourth-order valence-corrected chi connectivity index (χ4v) is 1.58. The Hall–Kier alpha value is -0.0900. The van der Waals surface area contributed by atoms with Crippen molar-refractivity contribution in [3.05, 3.63) is 0 Å². The summed E-state index contributed by atoms with van der Waals surface area (Å²) in [6.07, 6.45) is 2.35. The van der Waals surface area contributed by atoms with Crippen molar-refractivity contribution >= 4 is 21.9 Å². The maximum Gasteiger partial charge on any atom is 0.320 e. The fourth-order valence-electron chi connectivity index (χ4n) is 1.20. The summed E-state index contributed by atoms with van der Waals surface area (Å²) in [7, 11) is 1.40. The van der Waals surface area contributed by atoms with Crippen molar-refractivity contribution in [1.29, 1.82) is 0 Å². The van der Waals surface area contributed by atoms with Gasteiger partial charge in [-0.3, -0.25) is 4.79 Å². The van der Waals surface area contributed by atoms with Crippen LogP contribution in [0.25, 0.3) is 0 Å². The number of methoxy groups -OCH3 is 1. The maximum atomic E-state index is 11.1. The summed E-state index contributed by atoms with van der Waals surface area (Å²) in [6.45, 7) is 7.19. The third kappa shape index (κ3) is 7.79. The molecule has 90 valence electrons. The van der Waals surface area contributed by atoms with Crippen LogP contribution in [0.5, 0.6) is 0 Å². The van der Waals surface area contributed by atoms with Gasteiger partial charge in [0.25, 0.3) is 0 Å². The van der Waals surface area contributed by atoms with Gasteiger partial charge < -0.3 is 10.1 Å². The van der Waals surface area contributed by atoms with E-state index >= 15 is 0 Å². The van der Waals surface area contributed by atoms with Crippen molar-refractivity contribution < 1.29 is 9.53 Å². The molecule has 0 radical (unpaired) electrons. The van der Waals surface area contributed by atoms with Gasteiger partial charge in [0.1, 0.15) is 4.83 Å². The summed E-state index contributed by atoms with van der Waals surface area (Å²) in [4.78, 5) is 10.8. The molecule has 1 N–H and O–H groups in total. The molecule has 0 saturated heterocycles. The smallest absolute Gasteiger partial charge is 0.320 e. The molecule has 0 saturated carbocycles. The van der Waals surface area contributed by atoms with Gasteiger partial charge in [0, 0.05) is 12.6 Å². The highest BCUT2D eigenvalue weighted by atomic mass is 79.9. The Balaban J connectivity index is 3.61. The minimum Gasteiger partial charge on any atom is -0.468 e. The van der Waals surface area contributed by atoms with Gasteiger partial charge in [-0.25, -0.2) is 0 Å². The van der Waals surface area contributed by atoms with E-state index in [1.807, 2.05) is 0 Å². The van der Waals surface area contributed by atoms with E-state index < -0.39 is 0 Å². The van der Waals surface area contributed by atoms with Gasteiger partial charge in [-0.05, 0) is 25.7 Å². The lowest BCUT2D eigenvalue weighted by molar-refractivity contribution is -0.139. The lowest BCUT2D eigenvalue weighted by Gasteiger charge is -2.16. The third-order valence-corrected chi connectivity index (χ3v) is 2.98. The van der Waals surface area contributed by atoms with E-state index in [1.54, 1.807) is 0 Å². The first-order valence-corrected chi connectivity index (χ1v) is 6.34. The molecule has 2 atom stereocenters. The molecule has 15 heavy (non-hydrogen) atoms. The zero-order valence-corrected chi connectivity index (χ0v) is 11.6. The Morgan fingerprint density at radius 3 is 2.40 bits per heavy atom. The highest BCUT2D eigenvalue weighted by Gasteiger charge is 2.15. The zero-order valence-electron chi connectivity index (χ0n) is 10.0. The molecular formula is C11H22BrNO2. The second-order valence-corrected chi connectivity index (χ2v) is 5.38. The molecule has 0 aromatic rings. The van der Waals surface area contributed by atoms with Crippen molar-refractivity contribution in [1.82, 2.24) is 5.32 Å². The highest BCUT2D eigenvalue weighted by Crippen LogP contribution is 2.07. The first-order chi connectivity index (χ1) is 6.97. The average molecular weight is 280 g/mol. The number of carbonyl (C=O) groups is 1. The molecule has 0 amide bonds. The van der Waals surface area contributed by atoms with Gasteiger partial charge >= 0.3 is 5.97 Å². The molecule has 0 bridgehead atoms. The van der Waals surface area contributed by atoms with E-state index in [4.69, 9.17) is 0 Å². The lowest BCUT2D eigenvalue weighted by Crippen LogP contribution is -2.35. The number of esters is 1. The number of hydrogen-bond acceptors (Lipinski definition) is 3. The predicted molar refractivity (Wildman–Crippen MR) is 66.3 cm³/mol. The molecule has 0 heterocycles. The van der Waals surface area contributed by atoms with Crippen LogP contribution in [0.15, 0.2) is 0 Å². The maximum absolute atomic E-state index is 11.1. The van der Waals surface area contributed by atoms with E-state index in [2.05, 4.69) is 46.8 Å². The summed E-state index contributed by atoms with van der Waals surface area (Å²) >= 11 is 3.27. The van der Waals surface area contributed by atoms with Crippen molar-refractivity contribution in [2.24, 2.45) is 5.92 Å². The molecule has 0 rings (SSSR count). The highest BCUT2D eigenvalue weighted by molar-refractivity contribution is 9.10. The summed E-state index contributed by atoms with van der Waals surface area (Å²) < 4.78 is 4.62. The SMILES string of the molecule is COC(=O)C(Br)CNC(C)CCC(C)C. The minimum absolute atomic E-state index is 0.224. The summed E-state index contributed by atoms with van der Waals surface area (Å²) in [5.74, 6) is 0.508. The first-order valence-electron chi connectivity index (χ1n) is 5.42. The van der Waals surface area contributed by atoms with Crippen LogP contribution < -0.4 is 5.32 Å². The van der Waals surface area contributed by atoms with Gasteiger partial charge in [0.2, 0.25) is 0 Å². The normalized spacial score (nSPS) is 15.1. The van der Waals surface area contributed by atoms with E-state index in [9.17, 15) is 4.79 Å².